The summed E-state index contributed by atoms with van der Waals surface area (Å²) >= 11 is 0. The molecule has 1 aromatic rings. The van der Waals surface area contributed by atoms with E-state index in [1.54, 1.807) is 14.2 Å². The van der Waals surface area contributed by atoms with E-state index in [1.165, 1.54) is 6.42 Å². The SMILES string of the molecule is CNc1nc(OC)nc(N2CCC(C(C)C)C2)n1. The van der Waals surface area contributed by atoms with E-state index in [9.17, 15) is 0 Å². The van der Waals surface area contributed by atoms with Crippen molar-refractivity contribution in [3.63, 3.8) is 0 Å². The van der Waals surface area contributed by atoms with E-state index in [0.29, 0.717) is 29.7 Å². The Bertz CT molecular complexity index is 387. The Labute approximate surface area is 108 Å². The van der Waals surface area contributed by atoms with Gasteiger partial charge in [0.05, 0.1) is 7.11 Å². The molecule has 1 atom stereocenters. The number of nitrogens with zero attached hydrogens (tertiary/aromatic N) is 4. The largest absolute Gasteiger partial charge is 0.467 e. The first-order chi connectivity index (χ1) is 8.63. The molecule has 1 aliphatic rings. The number of hydrogen-bond donors (Lipinski definition) is 1. The highest BCUT2D eigenvalue weighted by Gasteiger charge is 2.27. The van der Waals surface area contributed by atoms with E-state index in [0.717, 1.165) is 13.1 Å². The van der Waals surface area contributed by atoms with Crippen molar-refractivity contribution in [2.45, 2.75) is 20.3 Å². The van der Waals surface area contributed by atoms with Gasteiger partial charge in [-0.1, -0.05) is 13.8 Å². The molecule has 1 aromatic heterocycles. The standard InChI is InChI=1S/C12H21N5O/c1-8(2)9-5-6-17(7-9)11-14-10(13-3)15-12(16-11)18-4/h8-9H,5-7H2,1-4H3,(H,13,14,15,16). The topological polar surface area (TPSA) is 63.2 Å². The van der Waals surface area contributed by atoms with E-state index < -0.39 is 0 Å². The number of nitrogens with one attached hydrogen (secondary N) is 1. The molecule has 1 saturated heterocycles. The molecule has 0 spiro atoms. The zero-order chi connectivity index (χ0) is 13.1. The molecule has 0 aromatic carbocycles. The Morgan fingerprint density at radius 3 is 2.67 bits per heavy atom. The van der Waals surface area contributed by atoms with Gasteiger partial charge >= 0.3 is 6.01 Å². The lowest BCUT2D eigenvalue weighted by Gasteiger charge is -2.18. The lowest BCUT2D eigenvalue weighted by atomic mass is 9.95. The van der Waals surface area contributed by atoms with Crippen molar-refractivity contribution in [3.05, 3.63) is 0 Å². The van der Waals surface area contributed by atoms with E-state index in [2.05, 4.69) is 39.0 Å². The van der Waals surface area contributed by atoms with Crippen LogP contribution in [0.25, 0.3) is 0 Å². The van der Waals surface area contributed by atoms with E-state index in [-0.39, 0.29) is 0 Å². The Hall–Kier alpha value is -1.59. The molecule has 6 heteroatoms. The Balaban J connectivity index is 2.18. The minimum absolute atomic E-state index is 0.359. The highest BCUT2D eigenvalue weighted by molar-refractivity contribution is 5.39. The van der Waals surface area contributed by atoms with Crippen molar-refractivity contribution < 1.29 is 4.74 Å². The van der Waals surface area contributed by atoms with Crippen LogP contribution >= 0.6 is 0 Å². The number of ether oxygens (including phenoxy) is 1. The highest BCUT2D eigenvalue weighted by atomic mass is 16.5. The van der Waals surface area contributed by atoms with Crippen molar-refractivity contribution in [3.8, 4) is 6.01 Å². The van der Waals surface area contributed by atoms with Crippen LogP contribution in [0.1, 0.15) is 20.3 Å². The molecule has 1 aliphatic heterocycles. The summed E-state index contributed by atoms with van der Waals surface area (Å²) in [6.45, 7) is 6.54. The lowest BCUT2D eigenvalue weighted by molar-refractivity contribution is 0.378. The quantitative estimate of drug-likeness (QED) is 0.873. The zero-order valence-corrected chi connectivity index (χ0v) is 11.5. The highest BCUT2D eigenvalue weighted by Crippen LogP contribution is 2.27. The second kappa shape index (κ2) is 5.37. The number of rotatable bonds is 4. The number of anilines is 2. The van der Waals surface area contributed by atoms with Crippen molar-refractivity contribution in [1.29, 1.82) is 0 Å². The van der Waals surface area contributed by atoms with Gasteiger partial charge in [-0.15, -0.1) is 0 Å². The summed E-state index contributed by atoms with van der Waals surface area (Å²) in [6, 6.07) is 0.359. The summed E-state index contributed by atoms with van der Waals surface area (Å²) in [5.74, 6) is 2.66. The lowest BCUT2D eigenvalue weighted by Crippen LogP contribution is -2.24. The molecule has 1 unspecified atom stereocenters. The number of hydrogen-bond acceptors (Lipinski definition) is 6. The van der Waals surface area contributed by atoms with Gasteiger partial charge in [-0.25, -0.2) is 0 Å². The fraction of sp³-hybridized carbons (Fsp3) is 0.750. The van der Waals surface area contributed by atoms with Gasteiger partial charge in [-0.3, -0.25) is 0 Å². The van der Waals surface area contributed by atoms with Gasteiger partial charge in [-0.2, -0.15) is 15.0 Å². The van der Waals surface area contributed by atoms with Crippen molar-refractivity contribution in [2.24, 2.45) is 11.8 Å². The molecule has 0 radical (unpaired) electrons. The van der Waals surface area contributed by atoms with Crippen LogP contribution in [0.2, 0.25) is 0 Å². The minimum atomic E-state index is 0.359. The van der Waals surface area contributed by atoms with Crippen LogP contribution in [-0.2, 0) is 0 Å². The van der Waals surface area contributed by atoms with Crippen LogP contribution < -0.4 is 15.0 Å². The summed E-state index contributed by atoms with van der Waals surface area (Å²) in [4.78, 5) is 15.0. The Morgan fingerprint density at radius 2 is 2.11 bits per heavy atom. The van der Waals surface area contributed by atoms with E-state index in [4.69, 9.17) is 4.74 Å². The average molecular weight is 251 g/mol. The van der Waals surface area contributed by atoms with Crippen LogP contribution in [0.15, 0.2) is 0 Å². The fourth-order valence-electron chi connectivity index (χ4n) is 2.20. The maximum atomic E-state index is 5.10. The number of methoxy groups -OCH3 is 1. The molecule has 0 saturated carbocycles. The molecule has 6 nitrogen and oxygen atoms in total. The van der Waals surface area contributed by atoms with Gasteiger partial charge in [-0.05, 0) is 18.3 Å². The number of aromatic nitrogens is 3. The third-order valence-electron chi connectivity index (χ3n) is 3.46. The van der Waals surface area contributed by atoms with Crippen molar-refractivity contribution in [2.75, 3.05) is 37.5 Å². The first kappa shape index (κ1) is 12.9. The maximum absolute atomic E-state index is 5.10. The summed E-state index contributed by atoms with van der Waals surface area (Å²) < 4.78 is 5.10. The molecular formula is C12H21N5O. The van der Waals surface area contributed by atoms with Crippen LogP contribution in [-0.4, -0.2) is 42.2 Å². The molecule has 0 bridgehead atoms. The van der Waals surface area contributed by atoms with Crippen LogP contribution in [0.5, 0.6) is 6.01 Å². The Morgan fingerprint density at radius 1 is 1.33 bits per heavy atom. The van der Waals surface area contributed by atoms with Gasteiger partial charge in [0.15, 0.2) is 0 Å². The summed E-state index contributed by atoms with van der Waals surface area (Å²) in [5.41, 5.74) is 0. The molecule has 0 amide bonds. The van der Waals surface area contributed by atoms with Crippen LogP contribution in [0.4, 0.5) is 11.9 Å². The van der Waals surface area contributed by atoms with Gasteiger partial charge in [0.25, 0.3) is 0 Å². The molecule has 0 aliphatic carbocycles. The smallest absolute Gasteiger partial charge is 0.322 e. The second-order valence-corrected chi connectivity index (χ2v) is 4.93. The van der Waals surface area contributed by atoms with Crippen LogP contribution in [0, 0.1) is 11.8 Å². The Kier molecular flexibility index (Phi) is 3.84. The zero-order valence-electron chi connectivity index (χ0n) is 11.5. The first-order valence-corrected chi connectivity index (χ1v) is 6.36. The van der Waals surface area contributed by atoms with Crippen molar-refractivity contribution >= 4 is 11.9 Å². The monoisotopic (exact) mass is 251 g/mol. The second-order valence-electron chi connectivity index (χ2n) is 4.93. The molecule has 100 valence electrons. The predicted octanol–water partition coefficient (Wildman–Crippen LogP) is 1.40. The van der Waals surface area contributed by atoms with Gasteiger partial charge < -0.3 is 15.0 Å². The molecule has 2 heterocycles. The predicted molar refractivity (Wildman–Crippen MR) is 71.1 cm³/mol. The van der Waals surface area contributed by atoms with Gasteiger partial charge in [0, 0.05) is 20.1 Å². The third kappa shape index (κ3) is 2.63. The summed E-state index contributed by atoms with van der Waals surface area (Å²) in [5, 5.41) is 2.93. The normalized spacial score (nSPS) is 19.4. The van der Waals surface area contributed by atoms with Crippen molar-refractivity contribution in [1.82, 2.24) is 15.0 Å². The molecule has 2 rings (SSSR count). The summed E-state index contributed by atoms with van der Waals surface area (Å²) in [6.07, 6.45) is 1.19. The fourth-order valence-corrected chi connectivity index (χ4v) is 2.20. The summed E-state index contributed by atoms with van der Waals surface area (Å²) in [7, 11) is 3.36. The molecular weight excluding hydrogens is 230 g/mol. The third-order valence-corrected chi connectivity index (χ3v) is 3.46. The van der Waals surface area contributed by atoms with E-state index in [1.807, 2.05) is 0 Å². The van der Waals surface area contributed by atoms with Gasteiger partial charge in [0.1, 0.15) is 0 Å². The molecule has 18 heavy (non-hydrogen) atoms. The van der Waals surface area contributed by atoms with Gasteiger partial charge in [0.2, 0.25) is 11.9 Å². The maximum Gasteiger partial charge on any atom is 0.322 e. The average Bonchev–Trinajstić information content (AvgIpc) is 2.87. The first-order valence-electron chi connectivity index (χ1n) is 6.36. The minimum Gasteiger partial charge on any atom is -0.467 e. The molecule has 1 N–H and O–H groups in total. The van der Waals surface area contributed by atoms with E-state index >= 15 is 0 Å². The molecule has 1 fully saturated rings. The van der Waals surface area contributed by atoms with Crippen LogP contribution in [0.3, 0.4) is 0 Å².